The van der Waals surface area contributed by atoms with Crippen molar-refractivity contribution < 1.29 is 23.9 Å². The Morgan fingerprint density at radius 1 is 1.04 bits per heavy atom. The van der Waals surface area contributed by atoms with E-state index in [1.165, 1.54) is 0 Å². The van der Waals surface area contributed by atoms with E-state index >= 15 is 0 Å². The molecule has 0 bridgehead atoms. The highest BCUT2D eigenvalue weighted by atomic mass is 16.6. The highest BCUT2D eigenvalue weighted by Crippen LogP contribution is 2.42. The molecule has 4 rings (SSSR count). The van der Waals surface area contributed by atoms with Gasteiger partial charge in [-0.15, -0.1) is 0 Å². The fourth-order valence-electron chi connectivity index (χ4n) is 3.85. The molecule has 1 aliphatic carbocycles. The second-order valence-corrected chi connectivity index (χ2v) is 6.73. The molecule has 2 aromatic rings. The van der Waals surface area contributed by atoms with Crippen molar-refractivity contribution in [3.63, 3.8) is 0 Å². The third-order valence-corrected chi connectivity index (χ3v) is 5.19. The molecule has 4 atom stereocenters. The van der Waals surface area contributed by atoms with E-state index in [9.17, 15) is 14.4 Å². The molecule has 0 unspecified atom stereocenters. The lowest BCUT2D eigenvalue weighted by Crippen LogP contribution is -2.27. The van der Waals surface area contributed by atoms with Gasteiger partial charge in [-0.05, 0) is 23.3 Å². The summed E-state index contributed by atoms with van der Waals surface area (Å²) in [5.74, 6) is -1.42. The Morgan fingerprint density at radius 3 is 2.42 bits per heavy atom. The summed E-state index contributed by atoms with van der Waals surface area (Å²) in [7, 11) is 0. The van der Waals surface area contributed by atoms with Crippen LogP contribution in [0.2, 0.25) is 0 Å². The lowest BCUT2D eigenvalue weighted by Gasteiger charge is -2.18. The molecular formula is C21H18O5. The van der Waals surface area contributed by atoms with E-state index in [4.69, 9.17) is 9.47 Å². The molecule has 0 amide bonds. The average Bonchev–Trinajstić information content (AvgIpc) is 3.17. The van der Waals surface area contributed by atoms with Gasteiger partial charge < -0.3 is 14.3 Å². The van der Waals surface area contributed by atoms with Gasteiger partial charge in [0.2, 0.25) is 0 Å². The van der Waals surface area contributed by atoms with Crippen molar-refractivity contribution in [2.24, 2.45) is 11.8 Å². The Bertz CT molecular complexity index is 827. The summed E-state index contributed by atoms with van der Waals surface area (Å²) in [6.45, 7) is 0. The highest BCUT2D eigenvalue weighted by Gasteiger charge is 2.51. The Hall–Kier alpha value is -2.95. The van der Waals surface area contributed by atoms with Crippen LogP contribution in [-0.2, 0) is 19.1 Å². The normalized spacial score (nSPS) is 26.8. The predicted octanol–water partition coefficient (Wildman–Crippen LogP) is 3.03. The molecule has 1 saturated heterocycles. The van der Waals surface area contributed by atoms with Crippen LogP contribution < -0.4 is 0 Å². The molecule has 26 heavy (non-hydrogen) atoms. The highest BCUT2D eigenvalue weighted by molar-refractivity contribution is 5.90. The van der Waals surface area contributed by atoms with Gasteiger partial charge in [-0.3, -0.25) is 4.79 Å². The fourth-order valence-corrected chi connectivity index (χ4v) is 3.85. The quantitative estimate of drug-likeness (QED) is 0.626. The van der Waals surface area contributed by atoms with E-state index < -0.39 is 18.0 Å². The molecule has 2 aliphatic rings. The van der Waals surface area contributed by atoms with Crippen molar-refractivity contribution in [3.8, 4) is 11.1 Å². The van der Waals surface area contributed by atoms with Crippen molar-refractivity contribution in [2.75, 3.05) is 0 Å². The summed E-state index contributed by atoms with van der Waals surface area (Å²) in [6, 6.07) is 17.0. The van der Waals surface area contributed by atoms with Gasteiger partial charge in [0.15, 0.2) is 0 Å². The number of rotatable bonds is 4. The number of esters is 2. The lowest BCUT2D eigenvalue weighted by molar-refractivity contribution is -0.141. The van der Waals surface area contributed by atoms with Gasteiger partial charge >= 0.3 is 11.9 Å². The molecule has 1 heterocycles. The first-order chi connectivity index (χ1) is 12.7. The third-order valence-electron chi connectivity index (χ3n) is 5.19. The minimum atomic E-state index is -0.545. The van der Waals surface area contributed by atoms with Crippen LogP contribution in [-0.4, -0.2) is 30.4 Å². The maximum Gasteiger partial charge on any atom is 0.338 e. The van der Waals surface area contributed by atoms with E-state index in [0.717, 1.165) is 17.4 Å². The molecule has 2 fully saturated rings. The summed E-state index contributed by atoms with van der Waals surface area (Å²) in [5.41, 5.74) is 2.51. The first-order valence-electron chi connectivity index (χ1n) is 8.67. The smallest absolute Gasteiger partial charge is 0.338 e. The number of benzene rings is 2. The summed E-state index contributed by atoms with van der Waals surface area (Å²) >= 11 is 0. The van der Waals surface area contributed by atoms with Gasteiger partial charge in [-0.1, -0.05) is 42.5 Å². The number of carbonyl (C=O) groups is 3. The van der Waals surface area contributed by atoms with E-state index in [-0.39, 0.29) is 24.4 Å². The van der Waals surface area contributed by atoms with Crippen molar-refractivity contribution in [1.29, 1.82) is 0 Å². The Morgan fingerprint density at radius 2 is 1.73 bits per heavy atom. The van der Waals surface area contributed by atoms with Crippen molar-refractivity contribution in [3.05, 3.63) is 60.2 Å². The van der Waals surface area contributed by atoms with Crippen LogP contribution in [0.25, 0.3) is 11.1 Å². The van der Waals surface area contributed by atoms with E-state index in [1.807, 2.05) is 42.5 Å². The van der Waals surface area contributed by atoms with Gasteiger partial charge in [0.1, 0.15) is 18.5 Å². The monoisotopic (exact) mass is 350 g/mol. The molecule has 2 aromatic carbocycles. The zero-order valence-corrected chi connectivity index (χ0v) is 14.0. The molecule has 5 heteroatoms. The molecule has 0 radical (unpaired) electrons. The lowest BCUT2D eigenvalue weighted by atomic mass is 9.93. The standard InChI is InChI=1S/C21H18O5/c22-12-17-16-10-20(23)25-18(16)11-19(17)26-21(24)15-8-6-14(7-9-15)13-4-2-1-3-5-13/h1-9,12,16-19H,10-11H2/t16-,17+,18+,19-/m1/s1. The van der Waals surface area contributed by atoms with Crippen molar-refractivity contribution in [2.45, 2.75) is 25.0 Å². The molecule has 0 aromatic heterocycles. The van der Waals surface area contributed by atoms with Crippen LogP contribution in [0.15, 0.2) is 54.6 Å². The van der Waals surface area contributed by atoms with Crippen LogP contribution in [0.4, 0.5) is 0 Å². The molecule has 1 aliphatic heterocycles. The average molecular weight is 350 g/mol. The van der Waals surface area contributed by atoms with Gasteiger partial charge in [-0.2, -0.15) is 0 Å². The molecule has 5 nitrogen and oxygen atoms in total. The minimum absolute atomic E-state index is 0.182. The molecule has 0 spiro atoms. The fraction of sp³-hybridized carbons (Fsp3) is 0.286. The molecule has 0 N–H and O–H groups in total. The summed E-state index contributed by atoms with van der Waals surface area (Å²) in [5, 5.41) is 0. The van der Waals surface area contributed by atoms with E-state index in [0.29, 0.717) is 12.0 Å². The Kier molecular flexibility index (Phi) is 4.29. The maximum absolute atomic E-state index is 12.4. The van der Waals surface area contributed by atoms with Crippen LogP contribution in [0.3, 0.4) is 0 Å². The Balaban J connectivity index is 1.45. The zero-order valence-electron chi connectivity index (χ0n) is 14.0. The molecule has 1 saturated carbocycles. The number of fused-ring (bicyclic) bond motifs is 1. The molecule has 132 valence electrons. The van der Waals surface area contributed by atoms with Crippen LogP contribution in [0, 0.1) is 11.8 Å². The maximum atomic E-state index is 12.4. The second-order valence-electron chi connectivity index (χ2n) is 6.73. The van der Waals surface area contributed by atoms with E-state index in [1.54, 1.807) is 12.1 Å². The zero-order chi connectivity index (χ0) is 18.1. The van der Waals surface area contributed by atoms with Crippen molar-refractivity contribution in [1.82, 2.24) is 0 Å². The third kappa shape index (κ3) is 3.01. The number of hydrogen-bond acceptors (Lipinski definition) is 5. The van der Waals surface area contributed by atoms with Gasteiger partial charge in [0.25, 0.3) is 0 Å². The number of ether oxygens (including phenoxy) is 2. The van der Waals surface area contributed by atoms with E-state index in [2.05, 4.69) is 0 Å². The van der Waals surface area contributed by atoms with Crippen LogP contribution in [0.5, 0.6) is 0 Å². The minimum Gasteiger partial charge on any atom is -0.462 e. The summed E-state index contributed by atoms with van der Waals surface area (Å²) < 4.78 is 10.8. The van der Waals surface area contributed by atoms with Gasteiger partial charge in [-0.25, -0.2) is 4.79 Å². The van der Waals surface area contributed by atoms with Crippen LogP contribution in [0.1, 0.15) is 23.2 Å². The topological polar surface area (TPSA) is 69.7 Å². The predicted molar refractivity (Wildman–Crippen MR) is 93.2 cm³/mol. The Labute approximate surface area is 150 Å². The number of aldehydes is 1. The summed E-state index contributed by atoms with van der Waals surface area (Å²) in [4.78, 5) is 35.2. The first kappa shape index (κ1) is 16.5. The summed E-state index contributed by atoms with van der Waals surface area (Å²) in [6.07, 6.45) is 0.512. The SMILES string of the molecule is O=C[C@H]1[C@H]2CC(=O)O[C@H]2C[C@H]1OC(=O)c1ccc(-c2ccccc2)cc1. The number of carbonyl (C=O) groups excluding carboxylic acids is 3. The van der Waals surface area contributed by atoms with Gasteiger partial charge in [0, 0.05) is 12.3 Å². The first-order valence-corrected chi connectivity index (χ1v) is 8.67. The van der Waals surface area contributed by atoms with Crippen LogP contribution >= 0.6 is 0 Å². The van der Waals surface area contributed by atoms with Crippen molar-refractivity contribution >= 4 is 18.2 Å². The van der Waals surface area contributed by atoms with Gasteiger partial charge in [0.05, 0.1) is 17.9 Å². The number of hydrogen-bond donors (Lipinski definition) is 0. The molecular weight excluding hydrogens is 332 g/mol. The largest absolute Gasteiger partial charge is 0.462 e. The second kappa shape index (κ2) is 6.75.